The summed E-state index contributed by atoms with van der Waals surface area (Å²) in [5.74, 6) is -0.616. The maximum atomic E-state index is 14.3. The standard InChI is InChI=1S/C34H43N3O4S/c1-5-31(34(39)35-29-14-10-7-11-15-29)36(23-28-12-8-6-9-13-28)33(38)24-37(32-22-26(3)16-19-27(32)4)42(40,41)30-20-17-25(2)18-21-30/h6,8-9,12-13,16-22,29,31H,5,7,10-11,14-15,23-24H2,1-4H3,(H,35,39)/t31-/m0/s1. The Labute approximate surface area is 251 Å². The van der Waals surface area contributed by atoms with Crippen molar-refractivity contribution in [3.05, 3.63) is 95.1 Å². The number of aryl methyl sites for hydroxylation is 3. The van der Waals surface area contributed by atoms with Crippen molar-refractivity contribution in [2.24, 2.45) is 0 Å². The quantitative estimate of drug-likeness (QED) is 0.294. The molecule has 4 rings (SSSR count). The third-order valence-corrected chi connectivity index (χ3v) is 9.83. The van der Waals surface area contributed by atoms with Gasteiger partial charge in [-0.3, -0.25) is 13.9 Å². The molecule has 7 nitrogen and oxygen atoms in total. The van der Waals surface area contributed by atoms with Crippen LogP contribution in [-0.4, -0.2) is 43.8 Å². The second-order valence-corrected chi connectivity index (χ2v) is 13.3. The summed E-state index contributed by atoms with van der Waals surface area (Å²) in [5.41, 5.74) is 3.87. The number of nitrogens with one attached hydrogen (secondary N) is 1. The van der Waals surface area contributed by atoms with E-state index >= 15 is 0 Å². The molecule has 0 spiro atoms. The van der Waals surface area contributed by atoms with Crippen LogP contribution in [0.3, 0.4) is 0 Å². The Balaban J connectivity index is 1.72. The number of amides is 2. The lowest BCUT2D eigenvalue weighted by Gasteiger charge is -2.34. The fourth-order valence-electron chi connectivity index (χ4n) is 5.58. The van der Waals surface area contributed by atoms with Gasteiger partial charge in [0.15, 0.2) is 0 Å². The highest BCUT2D eigenvalue weighted by Crippen LogP contribution is 2.29. The molecule has 2 amide bonds. The Morgan fingerprint density at radius 1 is 0.881 bits per heavy atom. The maximum Gasteiger partial charge on any atom is 0.264 e. The minimum absolute atomic E-state index is 0.0994. The van der Waals surface area contributed by atoms with E-state index in [9.17, 15) is 18.0 Å². The summed E-state index contributed by atoms with van der Waals surface area (Å²) in [6.45, 7) is 7.29. The van der Waals surface area contributed by atoms with Gasteiger partial charge in [0.1, 0.15) is 12.6 Å². The highest BCUT2D eigenvalue weighted by Gasteiger charge is 2.35. The van der Waals surface area contributed by atoms with Gasteiger partial charge >= 0.3 is 0 Å². The van der Waals surface area contributed by atoms with Gasteiger partial charge in [-0.15, -0.1) is 0 Å². The Hall–Kier alpha value is -3.65. The Morgan fingerprint density at radius 2 is 1.52 bits per heavy atom. The van der Waals surface area contributed by atoms with Crippen LogP contribution in [0.25, 0.3) is 0 Å². The molecule has 0 heterocycles. The third kappa shape index (κ3) is 7.59. The average molecular weight is 590 g/mol. The van der Waals surface area contributed by atoms with Gasteiger partial charge in [-0.1, -0.05) is 86.3 Å². The van der Waals surface area contributed by atoms with E-state index in [4.69, 9.17) is 0 Å². The van der Waals surface area contributed by atoms with Crippen molar-refractivity contribution in [1.82, 2.24) is 10.2 Å². The summed E-state index contributed by atoms with van der Waals surface area (Å²) >= 11 is 0. The molecule has 1 N–H and O–H groups in total. The summed E-state index contributed by atoms with van der Waals surface area (Å²) in [6.07, 6.45) is 5.61. The van der Waals surface area contributed by atoms with Gasteiger partial charge in [0.05, 0.1) is 10.6 Å². The van der Waals surface area contributed by atoms with Gasteiger partial charge in [0.25, 0.3) is 10.0 Å². The normalized spacial score (nSPS) is 14.7. The molecule has 0 bridgehead atoms. The molecule has 1 aliphatic rings. The van der Waals surface area contributed by atoms with Crippen LogP contribution >= 0.6 is 0 Å². The summed E-state index contributed by atoms with van der Waals surface area (Å²) < 4.78 is 29.5. The molecule has 3 aromatic carbocycles. The van der Waals surface area contributed by atoms with Crippen molar-refractivity contribution in [2.75, 3.05) is 10.8 Å². The molecular formula is C34H43N3O4S. The lowest BCUT2D eigenvalue weighted by Crippen LogP contribution is -2.54. The molecule has 3 aromatic rings. The minimum atomic E-state index is -4.10. The van der Waals surface area contributed by atoms with Gasteiger partial charge in [-0.05, 0) is 74.9 Å². The number of hydrogen-bond acceptors (Lipinski definition) is 4. The number of rotatable bonds is 11. The largest absolute Gasteiger partial charge is 0.352 e. The van der Waals surface area contributed by atoms with Gasteiger partial charge in [-0.2, -0.15) is 0 Å². The van der Waals surface area contributed by atoms with Crippen molar-refractivity contribution in [2.45, 2.75) is 89.7 Å². The first-order valence-corrected chi connectivity index (χ1v) is 16.3. The van der Waals surface area contributed by atoms with Crippen molar-refractivity contribution in [3.63, 3.8) is 0 Å². The monoisotopic (exact) mass is 589 g/mol. The first-order valence-electron chi connectivity index (χ1n) is 14.9. The number of nitrogens with zero attached hydrogens (tertiary/aromatic N) is 2. The van der Waals surface area contributed by atoms with Gasteiger partial charge in [0, 0.05) is 12.6 Å². The number of sulfonamides is 1. The molecule has 1 saturated carbocycles. The molecule has 0 radical (unpaired) electrons. The van der Waals surface area contributed by atoms with Crippen molar-refractivity contribution >= 4 is 27.5 Å². The molecule has 0 aliphatic heterocycles. The molecule has 1 fully saturated rings. The maximum absolute atomic E-state index is 14.3. The fraction of sp³-hybridized carbons (Fsp3) is 0.412. The molecule has 1 aliphatic carbocycles. The lowest BCUT2D eigenvalue weighted by atomic mass is 9.95. The predicted octanol–water partition coefficient (Wildman–Crippen LogP) is 6.06. The molecule has 0 aromatic heterocycles. The molecule has 0 unspecified atom stereocenters. The van der Waals surface area contributed by atoms with E-state index in [1.54, 1.807) is 35.2 Å². The summed E-state index contributed by atoms with van der Waals surface area (Å²) in [4.78, 5) is 29.6. The van der Waals surface area contributed by atoms with Crippen LogP contribution in [0.1, 0.15) is 67.7 Å². The van der Waals surface area contributed by atoms with Crippen LogP contribution in [0, 0.1) is 20.8 Å². The predicted molar refractivity (Wildman–Crippen MR) is 168 cm³/mol. The van der Waals surface area contributed by atoms with Crippen LogP contribution in [-0.2, 0) is 26.2 Å². The zero-order chi connectivity index (χ0) is 30.3. The summed E-state index contributed by atoms with van der Waals surface area (Å²) in [5, 5.41) is 3.19. The summed E-state index contributed by atoms with van der Waals surface area (Å²) in [6, 6.07) is 21.1. The van der Waals surface area contributed by atoms with Crippen molar-refractivity contribution < 1.29 is 18.0 Å². The molecule has 224 valence electrons. The van der Waals surface area contributed by atoms with E-state index in [0.29, 0.717) is 12.1 Å². The number of hydrogen-bond donors (Lipinski definition) is 1. The van der Waals surface area contributed by atoms with Crippen molar-refractivity contribution in [3.8, 4) is 0 Å². The second-order valence-electron chi connectivity index (χ2n) is 11.4. The number of anilines is 1. The molecular weight excluding hydrogens is 546 g/mol. The lowest BCUT2D eigenvalue weighted by molar-refractivity contribution is -0.140. The highest BCUT2D eigenvalue weighted by atomic mass is 32.2. The van der Waals surface area contributed by atoms with Gasteiger partial charge in [-0.25, -0.2) is 8.42 Å². The van der Waals surface area contributed by atoms with Crippen LogP contribution in [0.4, 0.5) is 5.69 Å². The van der Waals surface area contributed by atoms with Crippen LogP contribution < -0.4 is 9.62 Å². The topological polar surface area (TPSA) is 86.8 Å². The van der Waals surface area contributed by atoms with E-state index < -0.39 is 28.5 Å². The first-order chi connectivity index (χ1) is 20.1. The average Bonchev–Trinajstić information content (AvgIpc) is 2.98. The van der Waals surface area contributed by atoms with E-state index in [0.717, 1.165) is 47.9 Å². The molecule has 42 heavy (non-hydrogen) atoms. The number of benzene rings is 3. The van der Waals surface area contributed by atoms with Gasteiger partial charge < -0.3 is 10.2 Å². The van der Waals surface area contributed by atoms with E-state index in [1.807, 2.05) is 70.2 Å². The fourth-order valence-corrected chi connectivity index (χ4v) is 7.05. The van der Waals surface area contributed by atoms with Crippen molar-refractivity contribution in [1.29, 1.82) is 0 Å². The zero-order valence-electron chi connectivity index (χ0n) is 25.2. The minimum Gasteiger partial charge on any atom is -0.352 e. The second kappa shape index (κ2) is 14.0. The first kappa shape index (κ1) is 31.3. The summed E-state index contributed by atoms with van der Waals surface area (Å²) in [7, 11) is -4.10. The Bertz CT molecular complexity index is 1470. The number of carbonyl (C=O) groups excluding carboxylic acids is 2. The van der Waals surface area contributed by atoms with Crippen LogP contribution in [0.2, 0.25) is 0 Å². The van der Waals surface area contributed by atoms with Crippen LogP contribution in [0.15, 0.2) is 77.7 Å². The SMILES string of the molecule is CC[C@@H](C(=O)NC1CCCCC1)N(Cc1ccccc1)C(=O)CN(c1cc(C)ccc1C)S(=O)(=O)c1ccc(C)cc1. The van der Waals surface area contributed by atoms with E-state index in [-0.39, 0.29) is 23.4 Å². The van der Waals surface area contributed by atoms with Crippen LogP contribution in [0.5, 0.6) is 0 Å². The number of carbonyl (C=O) groups is 2. The Morgan fingerprint density at radius 3 is 2.17 bits per heavy atom. The Kier molecular flexibility index (Phi) is 10.4. The highest BCUT2D eigenvalue weighted by molar-refractivity contribution is 7.92. The molecule has 1 atom stereocenters. The zero-order valence-corrected chi connectivity index (χ0v) is 26.0. The van der Waals surface area contributed by atoms with E-state index in [2.05, 4.69) is 5.32 Å². The molecule has 8 heteroatoms. The smallest absolute Gasteiger partial charge is 0.264 e. The molecule has 0 saturated heterocycles. The van der Waals surface area contributed by atoms with E-state index in [1.165, 1.54) is 10.7 Å². The third-order valence-electron chi connectivity index (χ3n) is 8.05. The van der Waals surface area contributed by atoms with Gasteiger partial charge in [0.2, 0.25) is 11.8 Å².